The number of nitrogens with zero attached hydrogens (tertiary/aromatic N) is 3. The Morgan fingerprint density at radius 1 is 1.33 bits per heavy atom. The minimum Gasteiger partial charge on any atom is -0.382 e. The topological polar surface area (TPSA) is 78.7 Å². The van der Waals surface area contributed by atoms with Crippen molar-refractivity contribution < 1.29 is 9.59 Å². The largest absolute Gasteiger partial charge is 0.382 e. The normalized spacial score (nSPS) is 13.7. The van der Waals surface area contributed by atoms with E-state index in [9.17, 15) is 9.59 Å². The molecule has 30 heavy (non-hydrogen) atoms. The first-order valence-electron chi connectivity index (χ1n) is 9.59. The summed E-state index contributed by atoms with van der Waals surface area (Å²) in [6.07, 6.45) is 6.41. The number of pyridine rings is 1. The molecule has 0 bridgehead atoms. The molecule has 1 aromatic carbocycles. The lowest BCUT2D eigenvalue weighted by Gasteiger charge is -2.28. The molecule has 1 fully saturated rings. The molecule has 3 amide bonds. The molecule has 0 saturated carbocycles. The fourth-order valence-corrected chi connectivity index (χ4v) is 3.54. The Morgan fingerprint density at radius 2 is 2.20 bits per heavy atom. The second kappa shape index (κ2) is 8.47. The number of hydrogen-bond donors (Lipinski definition) is 2. The Kier molecular flexibility index (Phi) is 5.59. The standard InChI is InChI=1S/C22H20ClN5O2/c1-15-16(6-4-7-19(15)28-11-8-21(29)26-22(28)30)5-2-3-9-24-18-14-27-12-10-25-20(27)13-17(18)23/h4,6-7,10,12-14,24H,3,8-9,11H2,1H3,(H,26,29,30). The predicted molar refractivity (Wildman–Crippen MR) is 117 cm³/mol. The molecule has 0 atom stereocenters. The van der Waals surface area contributed by atoms with Gasteiger partial charge in [-0.1, -0.05) is 29.5 Å². The van der Waals surface area contributed by atoms with E-state index in [1.54, 1.807) is 11.1 Å². The van der Waals surface area contributed by atoms with Gasteiger partial charge in [-0.15, -0.1) is 0 Å². The van der Waals surface area contributed by atoms with E-state index in [2.05, 4.69) is 27.5 Å². The van der Waals surface area contributed by atoms with Crippen LogP contribution < -0.4 is 15.5 Å². The van der Waals surface area contributed by atoms with E-state index in [0.717, 1.165) is 28.1 Å². The number of fused-ring (bicyclic) bond motifs is 1. The van der Waals surface area contributed by atoms with Crippen molar-refractivity contribution in [1.82, 2.24) is 14.7 Å². The van der Waals surface area contributed by atoms with Gasteiger partial charge in [0.15, 0.2) is 0 Å². The number of urea groups is 1. The van der Waals surface area contributed by atoms with Crippen LogP contribution in [0.4, 0.5) is 16.2 Å². The van der Waals surface area contributed by atoms with Gasteiger partial charge in [0.05, 0.1) is 10.7 Å². The average molecular weight is 422 g/mol. The Labute approximate surface area is 179 Å². The third kappa shape index (κ3) is 4.09. The minimum absolute atomic E-state index is 0.246. The first kappa shape index (κ1) is 19.8. The van der Waals surface area contributed by atoms with Gasteiger partial charge >= 0.3 is 6.03 Å². The summed E-state index contributed by atoms with van der Waals surface area (Å²) in [7, 11) is 0. The molecule has 4 rings (SSSR count). The van der Waals surface area contributed by atoms with Gasteiger partial charge in [0.1, 0.15) is 5.65 Å². The zero-order chi connectivity index (χ0) is 21.1. The Bertz CT molecular complexity index is 1190. The summed E-state index contributed by atoms with van der Waals surface area (Å²) in [5, 5.41) is 6.26. The molecular formula is C22H20ClN5O2. The Balaban J connectivity index is 1.41. The average Bonchev–Trinajstić information content (AvgIpc) is 3.16. The number of imidazole rings is 1. The maximum Gasteiger partial charge on any atom is 0.328 e. The third-order valence-electron chi connectivity index (χ3n) is 4.92. The van der Waals surface area contributed by atoms with Crippen LogP contribution in [0.15, 0.2) is 42.9 Å². The molecule has 0 unspecified atom stereocenters. The van der Waals surface area contributed by atoms with Gasteiger partial charge in [0.2, 0.25) is 5.91 Å². The van der Waals surface area contributed by atoms with Crippen LogP contribution in [0.1, 0.15) is 24.0 Å². The molecule has 1 aliphatic heterocycles. The van der Waals surface area contributed by atoms with E-state index in [1.165, 1.54) is 0 Å². The highest BCUT2D eigenvalue weighted by molar-refractivity contribution is 6.33. The third-order valence-corrected chi connectivity index (χ3v) is 5.23. The lowest BCUT2D eigenvalue weighted by atomic mass is 10.1. The number of nitrogens with one attached hydrogen (secondary N) is 2. The van der Waals surface area contributed by atoms with Crippen molar-refractivity contribution in [2.24, 2.45) is 0 Å². The summed E-state index contributed by atoms with van der Waals surface area (Å²) in [6, 6.07) is 7.08. The maximum absolute atomic E-state index is 12.1. The van der Waals surface area contributed by atoms with Crippen molar-refractivity contribution in [3.63, 3.8) is 0 Å². The molecule has 152 valence electrons. The highest BCUT2D eigenvalue weighted by Gasteiger charge is 2.25. The molecule has 8 heteroatoms. The molecular weight excluding hydrogens is 402 g/mol. The lowest BCUT2D eigenvalue weighted by molar-refractivity contribution is -0.120. The minimum atomic E-state index is -0.393. The van der Waals surface area contributed by atoms with Crippen molar-refractivity contribution >= 4 is 40.6 Å². The van der Waals surface area contributed by atoms with Crippen LogP contribution in [-0.2, 0) is 4.79 Å². The van der Waals surface area contributed by atoms with E-state index >= 15 is 0 Å². The summed E-state index contributed by atoms with van der Waals surface area (Å²) < 4.78 is 1.90. The molecule has 0 spiro atoms. The smallest absolute Gasteiger partial charge is 0.328 e. The quantitative estimate of drug-likeness (QED) is 0.498. The number of anilines is 2. The number of benzene rings is 1. The number of hydrogen-bond acceptors (Lipinski definition) is 4. The number of carbonyl (C=O) groups is 2. The van der Waals surface area contributed by atoms with Gasteiger partial charge in [-0.3, -0.25) is 15.0 Å². The van der Waals surface area contributed by atoms with E-state index in [1.807, 2.05) is 48.0 Å². The zero-order valence-corrected chi connectivity index (χ0v) is 17.2. The number of halogens is 1. The van der Waals surface area contributed by atoms with Crippen molar-refractivity contribution in [2.45, 2.75) is 19.8 Å². The van der Waals surface area contributed by atoms with Crippen LogP contribution in [-0.4, -0.2) is 34.4 Å². The van der Waals surface area contributed by atoms with Crippen LogP contribution in [0.25, 0.3) is 5.65 Å². The molecule has 7 nitrogen and oxygen atoms in total. The molecule has 1 saturated heterocycles. The van der Waals surface area contributed by atoms with Gasteiger partial charge in [0.25, 0.3) is 0 Å². The molecule has 0 aliphatic carbocycles. The highest BCUT2D eigenvalue weighted by atomic mass is 35.5. The van der Waals surface area contributed by atoms with Gasteiger partial charge < -0.3 is 9.72 Å². The van der Waals surface area contributed by atoms with E-state index < -0.39 is 6.03 Å². The lowest BCUT2D eigenvalue weighted by Crippen LogP contribution is -2.49. The van der Waals surface area contributed by atoms with Gasteiger partial charge in [-0.2, -0.15) is 0 Å². The van der Waals surface area contributed by atoms with Gasteiger partial charge in [-0.05, 0) is 24.6 Å². The molecule has 1 aliphatic rings. The summed E-state index contributed by atoms with van der Waals surface area (Å²) >= 11 is 6.29. The number of rotatable bonds is 4. The van der Waals surface area contributed by atoms with Gasteiger partial charge in [0, 0.05) is 61.8 Å². The molecule has 3 heterocycles. The fraction of sp³-hybridized carbons (Fsp3) is 0.227. The second-order valence-corrected chi connectivity index (χ2v) is 7.32. The number of aromatic nitrogens is 2. The summed E-state index contributed by atoms with van der Waals surface area (Å²) in [5.74, 6) is 6.10. The summed E-state index contributed by atoms with van der Waals surface area (Å²) in [6.45, 7) is 2.94. The fourth-order valence-electron chi connectivity index (χ4n) is 3.33. The van der Waals surface area contributed by atoms with Crippen molar-refractivity contribution in [2.75, 3.05) is 23.3 Å². The predicted octanol–water partition coefficient (Wildman–Crippen LogP) is 3.60. The Morgan fingerprint density at radius 3 is 3.03 bits per heavy atom. The molecule has 2 aromatic heterocycles. The maximum atomic E-state index is 12.1. The highest BCUT2D eigenvalue weighted by Crippen LogP contribution is 2.25. The number of imide groups is 1. The van der Waals surface area contributed by atoms with Crippen LogP contribution >= 0.6 is 11.6 Å². The summed E-state index contributed by atoms with van der Waals surface area (Å²) in [5.41, 5.74) is 4.16. The monoisotopic (exact) mass is 421 g/mol. The van der Waals surface area contributed by atoms with E-state index in [-0.39, 0.29) is 5.91 Å². The van der Waals surface area contributed by atoms with E-state index in [4.69, 9.17) is 11.6 Å². The van der Waals surface area contributed by atoms with Crippen LogP contribution in [0, 0.1) is 18.8 Å². The van der Waals surface area contributed by atoms with Crippen LogP contribution in [0.3, 0.4) is 0 Å². The van der Waals surface area contributed by atoms with Crippen LogP contribution in [0.2, 0.25) is 5.02 Å². The van der Waals surface area contributed by atoms with Crippen molar-refractivity contribution in [1.29, 1.82) is 0 Å². The molecule has 2 N–H and O–H groups in total. The van der Waals surface area contributed by atoms with E-state index in [0.29, 0.717) is 31.0 Å². The summed E-state index contributed by atoms with van der Waals surface area (Å²) in [4.78, 5) is 29.3. The van der Waals surface area contributed by atoms with Crippen molar-refractivity contribution in [3.05, 3.63) is 59.0 Å². The molecule has 3 aromatic rings. The first-order chi connectivity index (χ1) is 14.5. The molecule has 0 radical (unpaired) electrons. The van der Waals surface area contributed by atoms with Crippen LogP contribution in [0.5, 0.6) is 0 Å². The van der Waals surface area contributed by atoms with Crippen molar-refractivity contribution in [3.8, 4) is 11.8 Å². The second-order valence-electron chi connectivity index (χ2n) is 6.91. The zero-order valence-electron chi connectivity index (χ0n) is 16.4. The first-order valence-corrected chi connectivity index (χ1v) is 9.96. The number of carbonyl (C=O) groups excluding carboxylic acids is 2. The van der Waals surface area contributed by atoms with Gasteiger partial charge in [-0.25, -0.2) is 9.78 Å². The SMILES string of the molecule is Cc1c(C#CCCNc2cn3ccnc3cc2Cl)cccc1N1CCC(=O)NC1=O. The number of amides is 3. The Hall–Kier alpha value is -3.50.